The summed E-state index contributed by atoms with van der Waals surface area (Å²) in [6.07, 6.45) is 3.82. The maximum Gasteiger partial charge on any atom is 0.361 e. The van der Waals surface area contributed by atoms with Crippen molar-refractivity contribution in [1.29, 1.82) is 0 Å². The smallest absolute Gasteiger partial charge is 0.361 e. The number of aromatic hydroxyl groups is 2. The predicted octanol–water partition coefficient (Wildman–Crippen LogP) is 13.7. The molecule has 464 valence electrons. The van der Waals surface area contributed by atoms with Gasteiger partial charge in [-0.15, -0.1) is 0 Å². The Morgan fingerprint density at radius 3 is 1.19 bits per heavy atom. The number of likely N-dealkylation sites (N-methyl/N-ethyl adjacent to an activating group) is 4. The van der Waals surface area contributed by atoms with Gasteiger partial charge in [-0.1, -0.05) is 43.8 Å². The van der Waals surface area contributed by atoms with Gasteiger partial charge in [0.25, 0.3) is 0 Å². The van der Waals surface area contributed by atoms with Gasteiger partial charge in [0.15, 0.2) is 23.0 Å². The fraction of sp³-hybridized carbons (Fsp3) is 0.315. The van der Waals surface area contributed by atoms with Crippen LogP contribution in [0.25, 0.3) is 98.6 Å². The zero-order valence-electron chi connectivity index (χ0n) is 52.9. The highest BCUT2D eigenvalue weighted by atomic mass is 16.5. The highest BCUT2D eigenvalue weighted by Gasteiger charge is 2.27. The van der Waals surface area contributed by atoms with Gasteiger partial charge >= 0.3 is 11.3 Å². The quantitative estimate of drug-likeness (QED) is 0.0781. The second-order valence-electron chi connectivity index (χ2n) is 24.3. The summed E-state index contributed by atoms with van der Waals surface area (Å²) in [5, 5.41) is 28.2. The molecule has 0 aliphatic heterocycles. The zero-order chi connectivity index (χ0) is 62.6. The summed E-state index contributed by atoms with van der Waals surface area (Å²) in [5.74, 6) is 2.58. The lowest BCUT2D eigenvalue weighted by Crippen LogP contribution is -2.21. The van der Waals surface area contributed by atoms with Gasteiger partial charge in [0, 0.05) is 94.1 Å². The minimum Gasteiger partial charge on any atom is -0.508 e. The molecule has 12 rings (SSSR count). The summed E-state index contributed by atoms with van der Waals surface area (Å²) in [5.41, 5.74) is 12.5. The van der Waals surface area contributed by atoms with Crippen molar-refractivity contribution in [3.05, 3.63) is 164 Å². The van der Waals surface area contributed by atoms with E-state index in [1.807, 2.05) is 144 Å². The van der Waals surface area contributed by atoms with Gasteiger partial charge < -0.3 is 66.4 Å². The minimum absolute atomic E-state index is 0. The summed E-state index contributed by atoms with van der Waals surface area (Å²) in [6, 6.07) is 31.6. The van der Waals surface area contributed by atoms with Gasteiger partial charge in [-0.05, 0) is 202 Å². The summed E-state index contributed by atoms with van der Waals surface area (Å²) in [6.45, 7) is 16.9. The average molecular weight is 1200 g/mol. The molecule has 0 aliphatic carbocycles. The molecule has 0 bridgehead atoms. The van der Waals surface area contributed by atoms with E-state index >= 15 is 0 Å². The van der Waals surface area contributed by atoms with Gasteiger partial charge in [0.2, 0.25) is 0 Å². The number of nitrogens with zero attached hydrogens (tertiary/aromatic N) is 6. The van der Waals surface area contributed by atoms with E-state index in [-0.39, 0.29) is 24.6 Å². The predicted molar refractivity (Wildman–Crippen MR) is 362 cm³/mol. The highest BCUT2D eigenvalue weighted by Crippen LogP contribution is 2.47. The van der Waals surface area contributed by atoms with E-state index in [2.05, 4.69) is 73.9 Å². The fourth-order valence-electron chi connectivity index (χ4n) is 11.4. The van der Waals surface area contributed by atoms with Crippen LogP contribution in [0.15, 0.2) is 128 Å². The van der Waals surface area contributed by atoms with E-state index in [0.29, 0.717) is 101 Å². The molecule has 0 radical (unpaired) electrons. The number of phenols is 2. The molecule has 12 aromatic rings. The van der Waals surface area contributed by atoms with E-state index in [9.17, 15) is 19.8 Å². The van der Waals surface area contributed by atoms with Gasteiger partial charge in [-0.2, -0.15) is 0 Å². The Balaban J connectivity index is 0.000000194. The number of pyridine rings is 2. The lowest BCUT2D eigenvalue weighted by atomic mass is 9.95. The van der Waals surface area contributed by atoms with Crippen molar-refractivity contribution in [1.82, 2.24) is 28.4 Å². The maximum atomic E-state index is 13.9. The number of ether oxygens (including phenoxy) is 4. The molecule has 0 spiro atoms. The van der Waals surface area contributed by atoms with Crippen LogP contribution in [-0.4, -0.2) is 148 Å². The Bertz CT molecular complexity index is 4510. The minimum atomic E-state index is -0.500. The molecule has 6 aromatic heterocycles. The van der Waals surface area contributed by atoms with Crippen LogP contribution in [0.5, 0.6) is 34.5 Å². The molecule has 6 aromatic carbocycles. The molecule has 0 unspecified atom stereocenters. The molecule has 6 heterocycles. The van der Waals surface area contributed by atoms with E-state index in [4.69, 9.17) is 27.8 Å². The molecule has 0 amide bonds. The molecule has 16 heteroatoms. The topological polar surface area (TPSA) is 160 Å². The second-order valence-corrected chi connectivity index (χ2v) is 24.3. The number of fused-ring (bicyclic) bond motifs is 14. The molecule has 0 saturated heterocycles. The third-order valence-electron chi connectivity index (χ3n) is 16.7. The first kappa shape index (κ1) is 63.0. The lowest BCUT2D eigenvalue weighted by molar-refractivity contribution is 0.227. The number of phenolic OH excluding ortho intramolecular Hbond substituents is 2. The summed E-state index contributed by atoms with van der Waals surface area (Å²) >= 11 is 0. The third-order valence-corrected chi connectivity index (χ3v) is 16.7. The number of aromatic nitrogens is 2. The summed E-state index contributed by atoms with van der Waals surface area (Å²) in [7, 11) is 16.0. The number of hydrogen-bond donors (Lipinski definition) is 2. The Kier molecular flexibility index (Phi) is 18.1. The zero-order valence-corrected chi connectivity index (χ0v) is 52.9. The Morgan fingerprint density at radius 1 is 0.393 bits per heavy atom. The van der Waals surface area contributed by atoms with Gasteiger partial charge in [-0.3, -0.25) is 0 Å². The van der Waals surface area contributed by atoms with Crippen molar-refractivity contribution < 1.29 is 38.0 Å². The van der Waals surface area contributed by atoms with Gasteiger partial charge in [0.05, 0.1) is 11.0 Å². The highest BCUT2D eigenvalue weighted by molar-refractivity contribution is 6.23. The number of benzene rings is 6. The van der Waals surface area contributed by atoms with Crippen molar-refractivity contribution in [2.45, 2.75) is 49.0 Å². The SMILES string of the molecule is C.Cc1ccc(-c2c3c4cc(OCCN(C)C)c(OCCN(C)C)cc4oc(=O)c3n3ccc4cc(C)c(C)cc4c23)cc1C.Cc1ccc(-c2c3c4cc(OCCN(C)C)c(OCCN(C)C)cc4oc(=O)c3n3ccc4cc(O)c(C)cc4c23)cc1O. The molecule has 16 nitrogen and oxygen atoms in total. The first-order valence-electron chi connectivity index (χ1n) is 29.7. The summed E-state index contributed by atoms with van der Waals surface area (Å²) < 4.78 is 40.9. The van der Waals surface area contributed by atoms with E-state index in [1.165, 1.54) is 22.3 Å². The van der Waals surface area contributed by atoms with Crippen LogP contribution < -0.4 is 30.2 Å². The normalized spacial score (nSPS) is 11.9. The van der Waals surface area contributed by atoms with Crippen LogP contribution in [0.2, 0.25) is 0 Å². The average Bonchev–Trinajstić information content (AvgIpc) is 1.58. The van der Waals surface area contributed by atoms with Gasteiger partial charge in [-0.25, -0.2) is 9.59 Å². The molecule has 0 aliphatic rings. The molecular formula is C73H82N6O10. The lowest BCUT2D eigenvalue weighted by Gasteiger charge is -2.17. The van der Waals surface area contributed by atoms with Crippen molar-refractivity contribution in [3.8, 4) is 56.8 Å². The maximum absolute atomic E-state index is 13.9. The Morgan fingerprint density at radius 2 is 0.764 bits per heavy atom. The van der Waals surface area contributed by atoms with Crippen molar-refractivity contribution >= 4 is 76.3 Å². The molecule has 89 heavy (non-hydrogen) atoms. The Hall–Kier alpha value is -9.06. The van der Waals surface area contributed by atoms with Crippen LogP contribution in [0.1, 0.15) is 40.8 Å². The van der Waals surface area contributed by atoms with E-state index in [1.54, 1.807) is 18.2 Å². The molecule has 0 fully saturated rings. The molecular weight excluding hydrogens is 1120 g/mol. The standard InChI is InChI=1S/C37H41N3O4.C35H37N3O6.CH4/c1-22-9-10-27(18-23(22)2)33-34-29-20-31(42-15-13-38(5)6)32(43-16-14-39(7)8)21-30(29)44-37(41)36(34)40-12-11-26-17-24(3)25(4)19-28(26)35(33)40;1-20-7-8-23(17-26(20)39)31-32-25-18-29(42-13-11-36(3)4)30(43-14-12-37(5)6)19-28(25)44-35(41)34(32)38-10-9-22-16-27(40)21(2)15-24(22)33(31)38;/h9-12,17-21H,13-16H2,1-8H3;7-10,15-19,39-40H,11-14H2,1-6H3;1H4. The molecule has 0 atom stereocenters. The number of rotatable bonds is 18. The Labute approximate surface area is 518 Å². The van der Waals surface area contributed by atoms with Crippen molar-refractivity contribution in [3.63, 3.8) is 0 Å². The first-order valence-corrected chi connectivity index (χ1v) is 29.7. The monoisotopic (exact) mass is 1200 g/mol. The number of aryl methyl sites for hydroxylation is 6. The van der Waals surface area contributed by atoms with Crippen LogP contribution in [0.3, 0.4) is 0 Å². The van der Waals surface area contributed by atoms with Crippen LogP contribution in [0, 0.1) is 41.5 Å². The molecule has 0 saturated carbocycles. The third kappa shape index (κ3) is 12.3. The van der Waals surface area contributed by atoms with E-state index < -0.39 is 5.63 Å². The van der Waals surface area contributed by atoms with E-state index in [0.717, 1.165) is 84.3 Å². The largest absolute Gasteiger partial charge is 0.508 e. The van der Waals surface area contributed by atoms with Gasteiger partial charge in [0.1, 0.15) is 60.1 Å². The van der Waals surface area contributed by atoms with Crippen LogP contribution >= 0.6 is 0 Å². The number of hydrogen-bond acceptors (Lipinski definition) is 14. The molecule has 2 N–H and O–H groups in total. The van der Waals surface area contributed by atoms with Crippen LogP contribution in [0.4, 0.5) is 0 Å². The second kappa shape index (κ2) is 25.6. The fourth-order valence-corrected chi connectivity index (χ4v) is 11.4. The van der Waals surface area contributed by atoms with Crippen molar-refractivity contribution in [2.24, 2.45) is 0 Å². The van der Waals surface area contributed by atoms with Crippen molar-refractivity contribution in [2.75, 3.05) is 109 Å². The summed E-state index contributed by atoms with van der Waals surface area (Å²) in [4.78, 5) is 35.9. The first-order chi connectivity index (χ1) is 42.1. The van der Waals surface area contributed by atoms with Crippen LogP contribution in [-0.2, 0) is 0 Å².